The van der Waals surface area contributed by atoms with Gasteiger partial charge in [-0.15, -0.1) is 0 Å². The maximum absolute atomic E-state index is 5.30. The van der Waals surface area contributed by atoms with E-state index in [4.69, 9.17) is 4.74 Å². The highest BCUT2D eigenvalue weighted by Gasteiger charge is 2.18. The second-order valence-electron chi connectivity index (χ2n) is 5.03. The SMILES string of the molecule is C.CC.CC[C@@H](c1cccc(OC)c1)[C@@H](C)CN(C)C. The fraction of sp³-hybridized carbons (Fsp3) is 0.667. The Morgan fingerprint density at radius 2 is 1.80 bits per heavy atom. The van der Waals surface area contributed by atoms with Crippen LogP contribution in [0.2, 0.25) is 0 Å². The van der Waals surface area contributed by atoms with Crippen molar-refractivity contribution in [2.75, 3.05) is 27.7 Å². The van der Waals surface area contributed by atoms with Crippen LogP contribution in [0.3, 0.4) is 0 Å². The van der Waals surface area contributed by atoms with Crippen molar-refractivity contribution < 1.29 is 4.74 Å². The van der Waals surface area contributed by atoms with E-state index < -0.39 is 0 Å². The molecule has 118 valence electrons. The van der Waals surface area contributed by atoms with Gasteiger partial charge in [-0.3, -0.25) is 0 Å². The van der Waals surface area contributed by atoms with Crippen LogP contribution in [0.4, 0.5) is 0 Å². The highest BCUT2D eigenvalue weighted by atomic mass is 16.5. The third kappa shape index (κ3) is 6.95. The van der Waals surface area contributed by atoms with E-state index in [0.29, 0.717) is 11.8 Å². The highest BCUT2D eigenvalue weighted by molar-refractivity contribution is 5.31. The molecule has 20 heavy (non-hydrogen) atoms. The van der Waals surface area contributed by atoms with Gasteiger partial charge in [0.25, 0.3) is 0 Å². The molecule has 0 bridgehead atoms. The molecule has 0 aliphatic carbocycles. The molecule has 0 amide bonds. The van der Waals surface area contributed by atoms with Gasteiger partial charge in [0.05, 0.1) is 7.11 Å². The summed E-state index contributed by atoms with van der Waals surface area (Å²) in [5.74, 6) is 2.22. The van der Waals surface area contributed by atoms with Crippen LogP contribution in [0.1, 0.15) is 53.0 Å². The molecule has 1 aromatic carbocycles. The van der Waals surface area contributed by atoms with Gasteiger partial charge in [0.1, 0.15) is 5.75 Å². The van der Waals surface area contributed by atoms with Crippen LogP contribution >= 0.6 is 0 Å². The monoisotopic (exact) mass is 281 g/mol. The minimum absolute atomic E-state index is 0. The molecule has 0 aliphatic rings. The summed E-state index contributed by atoms with van der Waals surface area (Å²) in [6, 6.07) is 8.47. The van der Waals surface area contributed by atoms with E-state index in [1.165, 1.54) is 12.0 Å². The molecule has 2 nitrogen and oxygen atoms in total. The lowest BCUT2D eigenvalue weighted by molar-refractivity contribution is 0.301. The molecule has 0 saturated carbocycles. The van der Waals surface area contributed by atoms with Crippen LogP contribution in [-0.2, 0) is 0 Å². The quantitative estimate of drug-likeness (QED) is 0.723. The van der Waals surface area contributed by atoms with E-state index in [0.717, 1.165) is 12.3 Å². The third-order valence-electron chi connectivity index (χ3n) is 3.30. The van der Waals surface area contributed by atoms with Crippen LogP contribution in [0.25, 0.3) is 0 Å². The molecular formula is C18H35NO. The molecule has 0 aliphatic heterocycles. The van der Waals surface area contributed by atoms with Crippen molar-refractivity contribution in [3.05, 3.63) is 29.8 Å². The summed E-state index contributed by atoms with van der Waals surface area (Å²) in [6.07, 6.45) is 1.17. The first-order valence-corrected chi connectivity index (χ1v) is 7.37. The Morgan fingerprint density at radius 1 is 1.20 bits per heavy atom. The predicted molar refractivity (Wildman–Crippen MR) is 91.8 cm³/mol. The van der Waals surface area contributed by atoms with E-state index in [1.54, 1.807) is 7.11 Å². The Kier molecular flexibility index (Phi) is 12.5. The summed E-state index contributed by atoms with van der Waals surface area (Å²) in [5, 5.41) is 0. The van der Waals surface area contributed by atoms with Gasteiger partial charge in [-0.2, -0.15) is 0 Å². The molecule has 1 aromatic rings. The standard InChI is InChI=1S/C15H25NO.C2H6.CH4/c1-6-15(12(2)11-16(3)4)13-8-7-9-14(10-13)17-5;1-2;/h7-10,12,15H,6,11H2,1-5H3;1-2H3;1H4/t12-,15+;;/m0../s1. The number of hydrogen-bond acceptors (Lipinski definition) is 2. The van der Waals surface area contributed by atoms with Crippen molar-refractivity contribution in [1.82, 2.24) is 4.90 Å². The molecule has 2 heteroatoms. The van der Waals surface area contributed by atoms with Gasteiger partial charge in [0.2, 0.25) is 0 Å². The third-order valence-corrected chi connectivity index (χ3v) is 3.30. The van der Waals surface area contributed by atoms with Gasteiger partial charge < -0.3 is 9.64 Å². The van der Waals surface area contributed by atoms with E-state index in [9.17, 15) is 0 Å². The Labute approximate surface area is 127 Å². The molecule has 0 saturated heterocycles. The largest absolute Gasteiger partial charge is 0.497 e. The number of benzene rings is 1. The van der Waals surface area contributed by atoms with Gasteiger partial charge in [0.15, 0.2) is 0 Å². The van der Waals surface area contributed by atoms with E-state index in [1.807, 2.05) is 19.9 Å². The first-order valence-electron chi connectivity index (χ1n) is 7.37. The maximum Gasteiger partial charge on any atom is 0.119 e. The number of ether oxygens (including phenoxy) is 1. The second-order valence-corrected chi connectivity index (χ2v) is 5.03. The Hall–Kier alpha value is -1.02. The first kappa shape index (κ1) is 21.3. The smallest absolute Gasteiger partial charge is 0.119 e. The van der Waals surface area contributed by atoms with E-state index >= 15 is 0 Å². The highest BCUT2D eigenvalue weighted by Crippen LogP contribution is 2.30. The van der Waals surface area contributed by atoms with Gasteiger partial charge in [0, 0.05) is 6.54 Å². The lowest BCUT2D eigenvalue weighted by Gasteiger charge is -2.26. The summed E-state index contributed by atoms with van der Waals surface area (Å²) < 4.78 is 5.30. The van der Waals surface area contributed by atoms with Crippen LogP contribution in [0, 0.1) is 5.92 Å². The fourth-order valence-corrected chi connectivity index (χ4v) is 2.54. The molecule has 0 N–H and O–H groups in total. The lowest BCUT2D eigenvalue weighted by Crippen LogP contribution is -2.24. The van der Waals surface area contributed by atoms with Gasteiger partial charge >= 0.3 is 0 Å². The Balaban J connectivity index is 0. The predicted octanol–water partition coefficient (Wildman–Crippen LogP) is 5.05. The fourth-order valence-electron chi connectivity index (χ4n) is 2.54. The maximum atomic E-state index is 5.30. The van der Waals surface area contributed by atoms with Crippen molar-refractivity contribution in [3.8, 4) is 5.75 Å². The van der Waals surface area contributed by atoms with Gasteiger partial charge in [-0.25, -0.2) is 0 Å². The summed E-state index contributed by atoms with van der Waals surface area (Å²) in [7, 11) is 5.99. The minimum Gasteiger partial charge on any atom is -0.497 e. The molecule has 0 fully saturated rings. The number of hydrogen-bond donors (Lipinski definition) is 0. The molecule has 1 rings (SSSR count). The summed E-state index contributed by atoms with van der Waals surface area (Å²) in [6.45, 7) is 9.71. The van der Waals surface area contributed by atoms with Crippen molar-refractivity contribution >= 4 is 0 Å². The molecular weight excluding hydrogens is 246 g/mol. The van der Waals surface area contributed by atoms with E-state index in [-0.39, 0.29) is 7.43 Å². The number of nitrogens with zero attached hydrogens (tertiary/aromatic N) is 1. The second kappa shape index (κ2) is 11.8. The topological polar surface area (TPSA) is 12.5 Å². The zero-order valence-electron chi connectivity index (χ0n) is 13.7. The molecule has 0 unspecified atom stereocenters. The number of rotatable bonds is 6. The van der Waals surface area contributed by atoms with Gasteiger partial charge in [-0.05, 0) is 50.0 Å². The molecule has 0 heterocycles. The summed E-state index contributed by atoms with van der Waals surface area (Å²) in [5.41, 5.74) is 1.39. The molecule has 2 atom stereocenters. The van der Waals surface area contributed by atoms with Crippen LogP contribution in [0.5, 0.6) is 5.75 Å². The van der Waals surface area contributed by atoms with Crippen molar-refractivity contribution in [2.45, 2.75) is 47.5 Å². The Bertz CT molecular complexity index is 336. The first-order chi connectivity index (χ1) is 9.08. The van der Waals surface area contributed by atoms with Crippen LogP contribution in [-0.4, -0.2) is 32.6 Å². The van der Waals surface area contributed by atoms with Crippen LogP contribution in [0.15, 0.2) is 24.3 Å². The minimum atomic E-state index is 0. The zero-order valence-corrected chi connectivity index (χ0v) is 13.7. The Morgan fingerprint density at radius 3 is 2.25 bits per heavy atom. The van der Waals surface area contributed by atoms with E-state index in [2.05, 4.69) is 51.0 Å². The lowest BCUT2D eigenvalue weighted by atomic mass is 9.85. The normalized spacial score (nSPS) is 12.8. The van der Waals surface area contributed by atoms with Crippen molar-refractivity contribution in [1.29, 1.82) is 0 Å². The van der Waals surface area contributed by atoms with Crippen LogP contribution < -0.4 is 4.74 Å². The van der Waals surface area contributed by atoms with Crippen molar-refractivity contribution in [3.63, 3.8) is 0 Å². The zero-order chi connectivity index (χ0) is 14.8. The summed E-state index contributed by atoms with van der Waals surface area (Å²) >= 11 is 0. The molecule has 0 aromatic heterocycles. The van der Waals surface area contributed by atoms with Crippen molar-refractivity contribution in [2.24, 2.45) is 5.92 Å². The molecule has 0 radical (unpaired) electrons. The summed E-state index contributed by atoms with van der Waals surface area (Å²) in [4.78, 5) is 2.26. The average Bonchev–Trinajstić information content (AvgIpc) is 2.41. The molecule has 0 spiro atoms. The average molecular weight is 281 g/mol. The number of methoxy groups -OCH3 is 1. The van der Waals surface area contributed by atoms with Gasteiger partial charge in [-0.1, -0.05) is 47.3 Å².